The summed E-state index contributed by atoms with van der Waals surface area (Å²) in [6.07, 6.45) is -0.271. The second-order valence-corrected chi connectivity index (χ2v) is 6.37. The van der Waals surface area contributed by atoms with E-state index in [1.807, 2.05) is 0 Å². The molecule has 2 aromatic rings. The predicted octanol–water partition coefficient (Wildman–Crippen LogP) is 4.76. The number of benzene rings is 2. The average molecular weight is 370 g/mol. The molecule has 0 bridgehead atoms. The van der Waals surface area contributed by atoms with Gasteiger partial charge in [-0.1, -0.05) is 29.3 Å². The molecule has 0 radical (unpaired) electrons. The van der Waals surface area contributed by atoms with E-state index in [1.165, 1.54) is 12.1 Å². The highest BCUT2D eigenvalue weighted by molar-refractivity contribution is 6.36. The molecule has 1 unspecified atom stereocenters. The molecule has 0 spiro atoms. The second-order valence-electron chi connectivity index (χ2n) is 5.53. The third-order valence-electron chi connectivity index (χ3n) is 3.83. The number of halogens is 3. The van der Waals surface area contributed by atoms with E-state index in [-0.39, 0.29) is 18.5 Å². The minimum absolute atomic E-state index is 0.210. The monoisotopic (exact) mass is 369 g/mol. The van der Waals surface area contributed by atoms with E-state index in [4.69, 9.17) is 33.0 Å². The molecule has 0 saturated heterocycles. The van der Waals surface area contributed by atoms with Gasteiger partial charge in [-0.3, -0.25) is 0 Å². The van der Waals surface area contributed by atoms with Crippen LogP contribution in [0.4, 0.5) is 9.18 Å². The smallest absolute Gasteiger partial charge is 0.404 e. The van der Waals surface area contributed by atoms with Crippen molar-refractivity contribution in [3.63, 3.8) is 0 Å². The summed E-state index contributed by atoms with van der Waals surface area (Å²) >= 11 is 12.1. The van der Waals surface area contributed by atoms with Crippen molar-refractivity contribution in [2.24, 2.45) is 0 Å². The molecule has 1 aliphatic rings. The van der Waals surface area contributed by atoms with Gasteiger partial charge in [0.15, 0.2) is 0 Å². The number of hydrogen-bond donors (Lipinski definition) is 2. The van der Waals surface area contributed by atoms with Crippen LogP contribution in [0, 0.1) is 5.82 Å². The van der Waals surface area contributed by atoms with Crippen LogP contribution in [0.25, 0.3) is 11.1 Å². The van der Waals surface area contributed by atoms with Crippen LogP contribution in [0.3, 0.4) is 0 Å². The van der Waals surface area contributed by atoms with Gasteiger partial charge >= 0.3 is 6.09 Å². The van der Waals surface area contributed by atoms with Crippen molar-refractivity contribution in [1.29, 1.82) is 0 Å². The summed E-state index contributed by atoms with van der Waals surface area (Å²) in [5.41, 5.74) is 1.96. The van der Waals surface area contributed by atoms with Crippen molar-refractivity contribution in [2.45, 2.75) is 18.9 Å². The molecule has 2 aromatic carbocycles. The molecule has 2 N–H and O–H groups in total. The maximum atomic E-state index is 14.0. The summed E-state index contributed by atoms with van der Waals surface area (Å²) in [4.78, 5) is 10.5. The normalized spacial score (nSPS) is 15.7. The zero-order valence-electron chi connectivity index (χ0n) is 12.5. The first-order chi connectivity index (χ1) is 11.4. The van der Waals surface area contributed by atoms with Crippen molar-refractivity contribution in [3.05, 3.63) is 51.8 Å². The van der Waals surface area contributed by atoms with Crippen LogP contribution in [0.15, 0.2) is 30.3 Å². The van der Waals surface area contributed by atoms with Gasteiger partial charge in [-0.25, -0.2) is 9.18 Å². The molecule has 1 heterocycles. The first-order valence-corrected chi connectivity index (χ1v) is 8.11. The van der Waals surface area contributed by atoms with E-state index in [2.05, 4.69) is 5.32 Å². The highest BCUT2D eigenvalue weighted by Gasteiger charge is 2.27. The second kappa shape index (κ2) is 6.87. The van der Waals surface area contributed by atoms with Crippen molar-refractivity contribution < 1.29 is 19.0 Å². The summed E-state index contributed by atoms with van der Waals surface area (Å²) in [6, 6.07) is 7.82. The minimum Gasteiger partial charge on any atom is -0.489 e. The predicted molar refractivity (Wildman–Crippen MR) is 90.6 cm³/mol. The van der Waals surface area contributed by atoms with Gasteiger partial charge in [0.1, 0.15) is 17.7 Å². The Hall–Kier alpha value is -1.98. The molecule has 0 fully saturated rings. The molecular formula is C17H14Cl2FNO3. The molecule has 3 rings (SSSR count). The van der Waals surface area contributed by atoms with Crippen molar-refractivity contribution in [3.8, 4) is 16.9 Å². The maximum absolute atomic E-state index is 14.0. The van der Waals surface area contributed by atoms with Gasteiger partial charge in [0.05, 0.1) is 5.02 Å². The molecule has 4 nitrogen and oxygen atoms in total. The first-order valence-electron chi connectivity index (χ1n) is 7.35. The largest absolute Gasteiger partial charge is 0.489 e. The third-order valence-corrected chi connectivity index (χ3v) is 4.37. The quantitative estimate of drug-likeness (QED) is 0.816. The SMILES string of the molecule is O=C(O)NCCC1Cc2cc(F)cc(-c3ccc(Cl)cc3Cl)c2O1. The number of ether oxygens (including phenoxy) is 1. The van der Waals surface area contributed by atoms with Gasteiger partial charge in [0.25, 0.3) is 0 Å². The number of carboxylic acid groups (broad SMARTS) is 1. The Morgan fingerprint density at radius 3 is 2.79 bits per heavy atom. The standard InChI is InChI=1S/C17H14Cl2FNO3/c18-10-1-2-13(15(19)7-10)14-8-11(20)5-9-6-12(24-16(9)14)3-4-21-17(22)23/h1-2,5,7-8,12,21H,3-4,6H2,(H,22,23). The summed E-state index contributed by atoms with van der Waals surface area (Å²) in [6.45, 7) is 0.271. The van der Waals surface area contributed by atoms with Gasteiger partial charge < -0.3 is 15.2 Å². The van der Waals surface area contributed by atoms with Crippen molar-refractivity contribution in [2.75, 3.05) is 6.54 Å². The Morgan fingerprint density at radius 1 is 1.29 bits per heavy atom. The molecule has 24 heavy (non-hydrogen) atoms. The van der Waals surface area contributed by atoms with Crippen LogP contribution < -0.4 is 10.1 Å². The molecule has 0 saturated carbocycles. The number of nitrogens with one attached hydrogen (secondary N) is 1. The van der Waals surface area contributed by atoms with E-state index >= 15 is 0 Å². The number of amides is 1. The summed E-state index contributed by atoms with van der Waals surface area (Å²) in [5.74, 6) is 0.212. The fraction of sp³-hybridized carbons (Fsp3) is 0.235. The van der Waals surface area contributed by atoms with Crippen LogP contribution in [-0.2, 0) is 6.42 Å². The van der Waals surface area contributed by atoms with Gasteiger partial charge in [-0.05, 0) is 24.3 Å². The Balaban J connectivity index is 1.88. The lowest BCUT2D eigenvalue weighted by molar-refractivity contribution is 0.188. The Labute approximate surface area is 148 Å². The average Bonchev–Trinajstić information content (AvgIpc) is 2.88. The molecule has 1 amide bonds. The minimum atomic E-state index is -1.08. The lowest BCUT2D eigenvalue weighted by Crippen LogP contribution is -2.26. The highest BCUT2D eigenvalue weighted by atomic mass is 35.5. The van der Waals surface area contributed by atoms with Gasteiger partial charge in [0, 0.05) is 41.1 Å². The molecule has 7 heteroatoms. The van der Waals surface area contributed by atoms with Crippen LogP contribution >= 0.6 is 23.2 Å². The zero-order chi connectivity index (χ0) is 17.3. The summed E-state index contributed by atoms with van der Waals surface area (Å²) in [7, 11) is 0. The lowest BCUT2D eigenvalue weighted by atomic mass is 10.00. The highest BCUT2D eigenvalue weighted by Crippen LogP contribution is 2.43. The topological polar surface area (TPSA) is 58.6 Å². The molecule has 0 aromatic heterocycles. The van der Waals surface area contributed by atoms with Gasteiger partial charge in [-0.2, -0.15) is 0 Å². The third kappa shape index (κ3) is 3.57. The van der Waals surface area contributed by atoms with Crippen molar-refractivity contribution >= 4 is 29.3 Å². The molecule has 1 aliphatic heterocycles. The van der Waals surface area contributed by atoms with Gasteiger partial charge in [-0.15, -0.1) is 0 Å². The maximum Gasteiger partial charge on any atom is 0.404 e. The Kier molecular flexibility index (Phi) is 4.83. The molecule has 126 valence electrons. The van der Waals surface area contributed by atoms with Crippen LogP contribution in [0.1, 0.15) is 12.0 Å². The first kappa shape index (κ1) is 16.9. The van der Waals surface area contributed by atoms with E-state index in [9.17, 15) is 9.18 Å². The summed E-state index contributed by atoms with van der Waals surface area (Å²) in [5, 5.41) is 11.8. The van der Waals surface area contributed by atoms with E-state index < -0.39 is 6.09 Å². The Morgan fingerprint density at radius 2 is 2.08 bits per heavy atom. The van der Waals surface area contributed by atoms with Crippen LogP contribution in [-0.4, -0.2) is 23.8 Å². The van der Waals surface area contributed by atoms with E-state index in [0.29, 0.717) is 39.8 Å². The molecular weight excluding hydrogens is 356 g/mol. The fourth-order valence-electron chi connectivity index (χ4n) is 2.80. The fourth-order valence-corrected chi connectivity index (χ4v) is 3.31. The number of rotatable bonds is 4. The van der Waals surface area contributed by atoms with Crippen LogP contribution in [0.5, 0.6) is 5.75 Å². The number of hydrogen-bond acceptors (Lipinski definition) is 2. The van der Waals surface area contributed by atoms with Crippen molar-refractivity contribution in [1.82, 2.24) is 5.32 Å². The number of carbonyl (C=O) groups is 1. The summed E-state index contributed by atoms with van der Waals surface area (Å²) < 4.78 is 19.9. The number of fused-ring (bicyclic) bond motifs is 1. The molecule has 1 atom stereocenters. The molecule has 0 aliphatic carbocycles. The van der Waals surface area contributed by atoms with Crippen LogP contribution in [0.2, 0.25) is 10.0 Å². The lowest BCUT2D eigenvalue weighted by Gasteiger charge is -2.13. The van der Waals surface area contributed by atoms with Gasteiger partial charge in [0.2, 0.25) is 0 Å². The van der Waals surface area contributed by atoms with E-state index in [1.54, 1.807) is 18.2 Å². The van der Waals surface area contributed by atoms with E-state index in [0.717, 1.165) is 5.56 Å². The Bertz CT molecular complexity index is 798. The zero-order valence-corrected chi connectivity index (χ0v) is 14.0.